The minimum absolute atomic E-state index is 0.753. The number of aromatic nitrogens is 2. The number of allylic oxidation sites excluding steroid dienone is 1. The van der Waals surface area contributed by atoms with E-state index in [2.05, 4.69) is 33.7 Å². The maximum atomic E-state index is 4.52. The lowest BCUT2D eigenvalue weighted by Gasteiger charge is -2.26. The van der Waals surface area contributed by atoms with Gasteiger partial charge in [0.1, 0.15) is 0 Å². The van der Waals surface area contributed by atoms with Crippen LogP contribution in [-0.4, -0.2) is 29.6 Å². The summed E-state index contributed by atoms with van der Waals surface area (Å²) in [5.41, 5.74) is 1.16. The molecule has 1 atom stereocenters. The maximum Gasteiger partial charge on any atom is 0.225 e. The van der Waals surface area contributed by atoms with Gasteiger partial charge in [-0.25, -0.2) is 9.97 Å². The second-order valence-electron chi connectivity index (χ2n) is 6.20. The third-order valence-corrected chi connectivity index (χ3v) is 4.47. The Labute approximate surface area is 135 Å². The normalized spacial score (nSPS) is 16.5. The molecule has 1 aromatic heterocycles. The lowest BCUT2D eigenvalue weighted by molar-refractivity contribution is 0.455. The van der Waals surface area contributed by atoms with Gasteiger partial charge in [-0.15, -0.1) is 6.58 Å². The number of hydrogen-bond donors (Lipinski definition) is 1. The standard InChI is InChI=1S/C18H30N4/c1-3-8-16(4-2)9-10-19-13-17-14-20-18(21-15-17)22-11-6-5-7-12-22/h3,14-16,19H,1,4-13H2,2H3. The molecular formula is C18H30N4. The summed E-state index contributed by atoms with van der Waals surface area (Å²) < 4.78 is 0. The van der Waals surface area contributed by atoms with Gasteiger partial charge in [-0.1, -0.05) is 19.4 Å². The first-order valence-corrected chi connectivity index (χ1v) is 8.71. The highest BCUT2D eigenvalue weighted by Crippen LogP contribution is 2.15. The van der Waals surface area contributed by atoms with Gasteiger partial charge in [0, 0.05) is 37.6 Å². The summed E-state index contributed by atoms with van der Waals surface area (Å²) in [6.07, 6.45) is 13.4. The van der Waals surface area contributed by atoms with E-state index in [9.17, 15) is 0 Å². The molecule has 1 aliphatic heterocycles. The Bertz CT molecular complexity index is 423. The summed E-state index contributed by atoms with van der Waals surface area (Å²) >= 11 is 0. The van der Waals surface area contributed by atoms with Gasteiger partial charge in [0.25, 0.3) is 0 Å². The monoisotopic (exact) mass is 302 g/mol. The predicted octanol–water partition coefficient (Wildman–Crippen LogP) is 3.55. The minimum atomic E-state index is 0.753. The van der Waals surface area contributed by atoms with Crippen molar-refractivity contribution < 1.29 is 0 Å². The molecule has 4 heteroatoms. The molecule has 0 aliphatic carbocycles. The molecule has 1 fully saturated rings. The molecule has 0 bridgehead atoms. The molecule has 2 rings (SSSR count). The van der Waals surface area contributed by atoms with E-state index in [1.54, 1.807) is 0 Å². The van der Waals surface area contributed by atoms with Crippen molar-refractivity contribution in [3.05, 3.63) is 30.6 Å². The van der Waals surface area contributed by atoms with Crippen molar-refractivity contribution in [2.24, 2.45) is 5.92 Å². The van der Waals surface area contributed by atoms with Crippen molar-refractivity contribution >= 4 is 5.95 Å². The Morgan fingerprint density at radius 3 is 2.64 bits per heavy atom. The number of piperidine rings is 1. The van der Waals surface area contributed by atoms with E-state index in [-0.39, 0.29) is 0 Å². The summed E-state index contributed by atoms with van der Waals surface area (Å²) in [5.74, 6) is 1.64. The van der Waals surface area contributed by atoms with Crippen LogP contribution >= 0.6 is 0 Å². The molecule has 1 saturated heterocycles. The van der Waals surface area contributed by atoms with Gasteiger partial charge in [-0.05, 0) is 44.6 Å². The highest BCUT2D eigenvalue weighted by molar-refractivity contribution is 5.30. The Morgan fingerprint density at radius 2 is 2.00 bits per heavy atom. The van der Waals surface area contributed by atoms with Crippen LogP contribution < -0.4 is 10.2 Å². The Hall–Kier alpha value is -1.42. The summed E-state index contributed by atoms with van der Waals surface area (Å²) in [4.78, 5) is 11.3. The summed E-state index contributed by atoms with van der Waals surface area (Å²) in [7, 11) is 0. The molecule has 4 nitrogen and oxygen atoms in total. The van der Waals surface area contributed by atoms with E-state index >= 15 is 0 Å². The maximum absolute atomic E-state index is 4.52. The van der Waals surface area contributed by atoms with Crippen molar-refractivity contribution in [2.75, 3.05) is 24.5 Å². The van der Waals surface area contributed by atoms with Crippen LogP contribution in [0.4, 0.5) is 5.95 Å². The topological polar surface area (TPSA) is 41.1 Å². The van der Waals surface area contributed by atoms with Gasteiger partial charge in [-0.3, -0.25) is 0 Å². The van der Waals surface area contributed by atoms with Crippen LogP contribution in [0.3, 0.4) is 0 Å². The number of nitrogens with zero attached hydrogens (tertiary/aromatic N) is 3. The van der Waals surface area contributed by atoms with Crippen molar-refractivity contribution in [3.8, 4) is 0 Å². The molecule has 1 aromatic rings. The lowest BCUT2D eigenvalue weighted by atomic mass is 9.99. The second-order valence-corrected chi connectivity index (χ2v) is 6.20. The molecule has 22 heavy (non-hydrogen) atoms. The van der Waals surface area contributed by atoms with Crippen molar-refractivity contribution in [1.29, 1.82) is 0 Å². The summed E-state index contributed by atoms with van der Waals surface area (Å²) in [6, 6.07) is 0. The molecule has 0 aromatic carbocycles. The van der Waals surface area contributed by atoms with Gasteiger partial charge in [0.2, 0.25) is 5.95 Å². The molecule has 0 radical (unpaired) electrons. The molecule has 0 saturated carbocycles. The highest BCUT2D eigenvalue weighted by Gasteiger charge is 2.12. The second kappa shape index (κ2) is 9.57. The summed E-state index contributed by atoms with van der Waals surface area (Å²) in [5, 5.41) is 3.50. The Kier molecular flexibility index (Phi) is 7.37. The highest BCUT2D eigenvalue weighted by atomic mass is 15.2. The molecular weight excluding hydrogens is 272 g/mol. The van der Waals surface area contributed by atoms with Crippen molar-refractivity contribution in [3.63, 3.8) is 0 Å². The fourth-order valence-corrected chi connectivity index (χ4v) is 2.96. The molecule has 0 amide bonds. The molecule has 2 heterocycles. The molecule has 1 aliphatic rings. The zero-order valence-corrected chi connectivity index (χ0v) is 13.9. The number of nitrogens with one attached hydrogen (secondary N) is 1. The van der Waals surface area contributed by atoms with Gasteiger partial charge in [-0.2, -0.15) is 0 Å². The average Bonchev–Trinajstić information content (AvgIpc) is 2.59. The van der Waals surface area contributed by atoms with Crippen molar-refractivity contribution in [1.82, 2.24) is 15.3 Å². The lowest BCUT2D eigenvalue weighted by Crippen LogP contribution is -2.31. The van der Waals surface area contributed by atoms with Gasteiger partial charge < -0.3 is 10.2 Å². The first kappa shape index (κ1) is 16.9. The van der Waals surface area contributed by atoms with Gasteiger partial charge >= 0.3 is 0 Å². The van der Waals surface area contributed by atoms with Crippen LogP contribution in [0.25, 0.3) is 0 Å². The van der Waals surface area contributed by atoms with E-state index in [0.717, 1.165) is 50.0 Å². The summed E-state index contributed by atoms with van der Waals surface area (Å²) in [6.45, 7) is 10.2. The third kappa shape index (κ3) is 5.41. The van der Waals surface area contributed by atoms with E-state index in [1.165, 1.54) is 32.1 Å². The van der Waals surface area contributed by atoms with Crippen LogP contribution in [0.1, 0.15) is 51.0 Å². The quantitative estimate of drug-likeness (QED) is 0.559. The minimum Gasteiger partial charge on any atom is -0.341 e. The number of hydrogen-bond acceptors (Lipinski definition) is 4. The van der Waals surface area contributed by atoms with E-state index in [1.807, 2.05) is 18.5 Å². The largest absolute Gasteiger partial charge is 0.341 e. The van der Waals surface area contributed by atoms with Crippen LogP contribution in [0.5, 0.6) is 0 Å². The van der Waals surface area contributed by atoms with Crippen LogP contribution in [0.2, 0.25) is 0 Å². The average molecular weight is 302 g/mol. The first-order valence-electron chi connectivity index (χ1n) is 8.71. The number of anilines is 1. The van der Waals surface area contributed by atoms with Crippen LogP contribution in [0, 0.1) is 5.92 Å². The fraction of sp³-hybridized carbons (Fsp3) is 0.667. The molecule has 1 N–H and O–H groups in total. The van der Waals surface area contributed by atoms with Crippen LogP contribution in [-0.2, 0) is 6.54 Å². The molecule has 1 unspecified atom stereocenters. The zero-order valence-electron chi connectivity index (χ0n) is 13.9. The van der Waals surface area contributed by atoms with Gasteiger partial charge in [0.15, 0.2) is 0 Å². The third-order valence-electron chi connectivity index (χ3n) is 4.47. The fourth-order valence-electron chi connectivity index (χ4n) is 2.96. The first-order chi connectivity index (χ1) is 10.8. The Balaban J connectivity index is 1.71. The predicted molar refractivity (Wildman–Crippen MR) is 93.0 cm³/mol. The van der Waals surface area contributed by atoms with E-state index < -0.39 is 0 Å². The van der Waals surface area contributed by atoms with Gasteiger partial charge in [0.05, 0.1) is 0 Å². The van der Waals surface area contributed by atoms with E-state index in [0.29, 0.717) is 0 Å². The SMILES string of the molecule is C=CCC(CC)CCNCc1cnc(N2CCCCC2)nc1. The van der Waals surface area contributed by atoms with E-state index in [4.69, 9.17) is 0 Å². The zero-order chi connectivity index (χ0) is 15.6. The van der Waals surface area contributed by atoms with Crippen molar-refractivity contribution in [2.45, 2.75) is 52.0 Å². The van der Waals surface area contributed by atoms with Crippen LogP contribution in [0.15, 0.2) is 25.0 Å². The number of rotatable bonds is 9. The molecule has 0 spiro atoms. The smallest absolute Gasteiger partial charge is 0.225 e. The Morgan fingerprint density at radius 1 is 1.27 bits per heavy atom. The molecule has 122 valence electrons.